The molecule has 0 fully saturated rings. The van der Waals surface area contributed by atoms with Crippen LogP contribution in [-0.4, -0.2) is 6.29 Å². The lowest BCUT2D eigenvalue weighted by molar-refractivity contribution is 0.112. The summed E-state index contributed by atoms with van der Waals surface area (Å²) in [6.45, 7) is 0. The summed E-state index contributed by atoms with van der Waals surface area (Å²) in [6.07, 6.45) is 0.910. The molecule has 0 aliphatic carbocycles. The van der Waals surface area contributed by atoms with Gasteiger partial charge in [0.2, 0.25) is 0 Å². The van der Waals surface area contributed by atoms with Crippen LogP contribution >= 0.6 is 11.3 Å². The molecular weight excluding hydrogens is 362 g/mol. The SMILES string of the molecule is O=Cc1ccc2sc3ccc(N(c4ccccc4)c4ccccc4)cc3c2c1. The monoisotopic (exact) mass is 379 g/mol. The number of rotatable bonds is 4. The quantitative estimate of drug-likeness (QED) is 0.305. The Balaban J connectivity index is 1.74. The van der Waals surface area contributed by atoms with Crippen LogP contribution in [0.1, 0.15) is 10.4 Å². The number of thiophene rings is 1. The van der Waals surface area contributed by atoms with Gasteiger partial charge in [0.15, 0.2) is 0 Å². The topological polar surface area (TPSA) is 20.3 Å². The average molecular weight is 379 g/mol. The van der Waals surface area contributed by atoms with Gasteiger partial charge >= 0.3 is 0 Å². The number of carbonyl (C=O) groups is 1. The van der Waals surface area contributed by atoms with E-state index in [1.54, 1.807) is 11.3 Å². The lowest BCUT2D eigenvalue weighted by Crippen LogP contribution is -2.09. The van der Waals surface area contributed by atoms with E-state index < -0.39 is 0 Å². The minimum absolute atomic E-state index is 0.709. The number of fused-ring (bicyclic) bond motifs is 3. The second-order valence-electron chi connectivity index (χ2n) is 6.66. The molecule has 5 aromatic rings. The van der Waals surface area contributed by atoms with E-state index in [0.717, 1.165) is 28.7 Å². The normalized spacial score (nSPS) is 11.0. The van der Waals surface area contributed by atoms with Crippen LogP contribution in [0.3, 0.4) is 0 Å². The first-order chi connectivity index (χ1) is 13.8. The van der Waals surface area contributed by atoms with Gasteiger partial charge in [0, 0.05) is 42.8 Å². The maximum absolute atomic E-state index is 11.2. The minimum atomic E-state index is 0.709. The van der Waals surface area contributed by atoms with Gasteiger partial charge in [-0.15, -0.1) is 11.3 Å². The third kappa shape index (κ3) is 2.86. The van der Waals surface area contributed by atoms with E-state index in [0.29, 0.717) is 5.56 Å². The van der Waals surface area contributed by atoms with Gasteiger partial charge in [-0.2, -0.15) is 0 Å². The average Bonchev–Trinajstić information content (AvgIpc) is 3.13. The summed E-state index contributed by atoms with van der Waals surface area (Å²) in [5.41, 5.74) is 4.03. The van der Waals surface area contributed by atoms with Crippen LogP contribution in [0.15, 0.2) is 97.1 Å². The van der Waals surface area contributed by atoms with Gasteiger partial charge in [0.25, 0.3) is 0 Å². The largest absolute Gasteiger partial charge is 0.310 e. The molecule has 0 atom stereocenters. The maximum atomic E-state index is 11.2. The van der Waals surface area contributed by atoms with Gasteiger partial charge in [0.1, 0.15) is 6.29 Å². The van der Waals surface area contributed by atoms with Gasteiger partial charge in [-0.3, -0.25) is 4.79 Å². The molecule has 28 heavy (non-hydrogen) atoms. The van der Waals surface area contributed by atoms with Crippen molar-refractivity contribution in [2.24, 2.45) is 0 Å². The van der Waals surface area contributed by atoms with E-state index in [9.17, 15) is 4.79 Å². The molecule has 5 rings (SSSR count). The van der Waals surface area contributed by atoms with Crippen LogP contribution in [-0.2, 0) is 0 Å². The maximum Gasteiger partial charge on any atom is 0.150 e. The zero-order valence-corrected chi connectivity index (χ0v) is 15.9. The number of anilines is 3. The Hall–Kier alpha value is -3.43. The summed E-state index contributed by atoms with van der Waals surface area (Å²) in [5, 5.41) is 2.31. The fourth-order valence-electron chi connectivity index (χ4n) is 3.60. The third-order valence-electron chi connectivity index (χ3n) is 4.90. The molecule has 0 bridgehead atoms. The number of hydrogen-bond acceptors (Lipinski definition) is 3. The Kier molecular flexibility index (Phi) is 4.15. The highest BCUT2D eigenvalue weighted by Gasteiger charge is 2.14. The molecule has 0 unspecified atom stereocenters. The standard InChI is InChI=1S/C25H17NOS/c27-17-18-11-13-24-22(15-18)23-16-21(12-14-25(23)28-24)26(19-7-3-1-4-8-19)20-9-5-2-6-10-20/h1-17H. The van der Waals surface area contributed by atoms with Gasteiger partial charge < -0.3 is 4.90 Å². The fourth-order valence-corrected chi connectivity index (χ4v) is 4.66. The second-order valence-corrected chi connectivity index (χ2v) is 7.75. The number of para-hydroxylation sites is 2. The Morgan fingerprint density at radius 3 is 1.79 bits per heavy atom. The molecule has 0 saturated heterocycles. The zero-order valence-electron chi connectivity index (χ0n) is 15.1. The third-order valence-corrected chi connectivity index (χ3v) is 6.05. The van der Waals surface area contributed by atoms with Crippen LogP contribution in [0.4, 0.5) is 17.1 Å². The summed E-state index contributed by atoms with van der Waals surface area (Å²) in [6, 6.07) is 33.2. The molecule has 0 aliphatic heterocycles. The Morgan fingerprint density at radius 2 is 1.18 bits per heavy atom. The smallest absolute Gasteiger partial charge is 0.150 e. The predicted molar refractivity (Wildman–Crippen MR) is 119 cm³/mol. The molecule has 0 saturated carbocycles. The number of nitrogens with zero attached hydrogens (tertiary/aromatic N) is 1. The second kappa shape index (κ2) is 6.95. The van der Waals surface area contributed by atoms with Gasteiger partial charge in [-0.25, -0.2) is 0 Å². The molecular formula is C25H17NOS. The van der Waals surface area contributed by atoms with Gasteiger partial charge in [-0.05, 0) is 54.6 Å². The summed E-state index contributed by atoms with van der Waals surface area (Å²) in [4.78, 5) is 13.5. The Morgan fingerprint density at radius 1 is 0.607 bits per heavy atom. The van der Waals surface area contributed by atoms with Crippen molar-refractivity contribution in [3.63, 3.8) is 0 Å². The molecule has 134 valence electrons. The van der Waals surface area contributed by atoms with Crippen LogP contribution < -0.4 is 4.90 Å². The van der Waals surface area contributed by atoms with E-state index in [2.05, 4.69) is 71.6 Å². The highest BCUT2D eigenvalue weighted by atomic mass is 32.1. The number of carbonyl (C=O) groups excluding carboxylic acids is 1. The van der Waals surface area contributed by atoms with Crippen LogP contribution in [0, 0.1) is 0 Å². The van der Waals surface area contributed by atoms with Crippen molar-refractivity contribution in [2.75, 3.05) is 4.90 Å². The van der Waals surface area contributed by atoms with Crippen molar-refractivity contribution in [2.45, 2.75) is 0 Å². The predicted octanol–water partition coefficient (Wildman–Crippen LogP) is 7.34. The molecule has 1 heterocycles. The highest BCUT2D eigenvalue weighted by Crippen LogP contribution is 2.40. The van der Waals surface area contributed by atoms with E-state index in [1.165, 1.54) is 14.8 Å². The first-order valence-corrected chi connectivity index (χ1v) is 9.97. The van der Waals surface area contributed by atoms with Crippen molar-refractivity contribution < 1.29 is 4.79 Å². The number of benzene rings is 4. The van der Waals surface area contributed by atoms with Crippen molar-refractivity contribution in [1.82, 2.24) is 0 Å². The first-order valence-electron chi connectivity index (χ1n) is 9.15. The van der Waals surface area contributed by atoms with E-state index in [4.69, 9.17) is 0 Å². The molecule has 0 spiro atoms. The Bertz CT molecular complexity index is 1240. The van der Waals surface area contributed by atoms with Crippen molar-refractivity contribution >= 4 is 54.9 Å². The summed E-state index contributed by atoms with van der Waals surface area (Å²) in [7, 11) is 0. The van der Waals surface area contributed by atoms with E-state index in [1.807, 2.05) is 30.3 Å². The van der Waals surface area contributed by atoms with E-state index >= 15 is 0 Å². The summed E-state index contributed by atoms with van der Waals surface area (Å²) >= 11 is 1.76. The summed E-state index contributed by atoms with van der Waals surface area (Å²) in [5.74, 6) is 0. The van der Waals surface area contributed by atoms with Gasteiger partial charge in [0.05, 0.1) is 0 Å². The molecule has 0 N–H and O–H groups in total. The molecule has 3 heteroatoms. The fraction of sp³-hybridized carbons (Fsp3) is 0. The van der Waals surface area contributed by atoms with Crippen LogP contribution in [0.5, 0.6) is 0 Å². The zero-order chi connectivity index (χ0) is 18.9. The minimum Gasteiger partial charge on any atom is -0.310 e. The van der Waals surface area contributed by atoms with Gasteiger partial charge in [-0.1, -0.05) is 42.5 Å². The first kappa shape index (κ1) is 16.7. The molecule has 0 amide bonds. The number of hydrogen-bond donors (Lipinski definition) is 0. The lowest BCUT2D eigenvalue weighted by Gasteiger charge is -2.25. The molecule has 0 radical (unpaired) electrons. The molecule has 0 aliphatic rings. The number of aldehydes is 1. The highest BCUT2D eigenvalue weighted by molar-refractivity contribution is 7.25. The molecule has 1 aromatic heterocycles. The van der Waals surface area contributed by atoms with Crippen molar-refractivity contribution in [1.29, 1.82) is 0 Å². The van der Waals surface area contributed by atoms with Crippen molar-refractivity contribution in [3.05, 3.63) is 103 Å². The van der Waals surface area contributed by atoms with Crippen LogP contribution in [0.2, 0.25) is 0 Å². The lowest BCUT2D eigenvalue weighted by atomic mass is 10.1. The molecule has 4 aromatic carbocycles. The van der Waals surface area contributed by atoms with E-state index in [-0.39, 0.29) is 0 Å². The summed E-state index contributed by atoms with van der Waals surface area (Å²) < 4.78 is 2.42. The van der Waals surface area contributed by atoms with Crippen molar-refractivity contribution in [3.8, 4) is 0 Å². The van der Waals surface area contributed by atoms with Crippen LogP contribution in [0.25, 0.3) is 20.2 Å². The Labute approximate surface area is 167 Å². The molecule has 2 nitrogen and oxygen atoms in total.